The second-order valence-corrected chi connectivity index (χ2v) is 9.30. The minimum atomic E-state index is -0.443. The lowest BCUT2D eigenvalue weighted by Crippen LogP contribution is -2.22. The summed E-state index contributed by atoms with van der Waals surface area (Å²) in [6.45, 7) is 10.5. The Hall–Kier alpha value is -2.94. The lowest BCUT2D eigenvalue weighted by Gasteiger charge is -2.09. The van der Waals surface area contributed by atoms with E-state index in [0.717, 1.165) is 11.3 Å². The largest absolute Gasteiger partial charge is 0.488 e. The summed E-state index contributed by atoms with van der Waals surface area (Å²) in [7, 11) is 0. The Kier molecular flexibility index (Phi) is 6.94. The van der Waals surface area contributed by atoms with Crippen LogP contribution >= 0.6 is 11.3 Å². The van der Waals surface area contributed by atoms with Gasteiger partial charge < -0.3 is 14.5 Å². The highest BCUT2D eigenvalue weighted by Gasteiger charge is 2.21. The fourth-order valence-electron chi connectivity index (χ4n) is 2.92. The highest BCUT2D eigenvalue weighted by atomic mass is 32.1. The van der Waals surface area contributed by atoms with Crippen molar-refractivity contribution in [3.63, 3.8) is 0 Å². The molecule has 3 aromatic heterocycles. The lowest BCUT2D eigenvalue weighted by molar-refractivity contribution is 0.0464. The third kappa shape index (κ3) is 5.22. The van der Waals surface area contributed by atoms with E-state index in [1.54, 1.807) is 6.92 Å². The van der Waals surface area contributed by atoms with Crippen molar-refractivity contribution < 1.29 is 14.3 Å². The zero-order chi connectivity index (χ0) is 22.7. The molecule has 0 spiro atoms. The van der Waals surface area contributed by atoms with Crippen molar-refractivity contribution in [1.82, 2.24) is 14.5 Å². The van der Waals surface area contributed by atoms with Gasteiger partial charge in [-0.1, -0.05) is 27.7 Å². The molecule has 0 atom stereocenters. The number of nitrogens with zero attached hydrogens (tertiary/aromatic N) is 2. The van der Waals surface area contributed by atoms with Crippen molar-refractivity contribution in [3.8, 4) is 5.75 Å². The van der Waals surface area contributed by atoms with E-state index in [-0.39, 0.29) is 29.2 Å². The van der Waals surface area contributed by atoms with Crippen LogP contribution in [0.25, 0.3) is 10.2 Å². The second kappa shape index (κ2) is 9.47. The summed E-state index contributed by atoms with van der Waals surface area (Å²) < 4.78 is 12.2. The molecule has 0 aromatic carbocycles. The molecule has 0 aliphatic heterocycles. The minimum Gasteiger partial charge on any atom is -0.488 e. The van der Waals surface area contributed by atoms with E-state index >= 15 is 0 Å². The number of H-pyrrole nitrogens is 1. The zero-order valence-electron chi connectivity index (χ0n) is 18.4. The molecular formula is C22H27N3O5S. The van der Waals surface area contributed by atoms with E-state index in [0.29, 0.717) is 45.5 Å². The highest BCUT2D eigenvalue weighted by Crippen LogP contribution is 2.27. The first-order valence-corrected chi connectivity index (χ1v) is 11.0. The van der Waals surface area contributed by atoms with Crippen molar-refractivity contribution in [2.75, 3.05) is 13.2 Å². The van der Waals surface area contributed by atoms with E-state index in [1.807, 2.05) is 27.7 Å². The van der Waals surface area contributed by atoms with Crippen LogP contribution in [-0.2, 0) is 11.3 Å². The Morgan fingerprint density at radius 2 is 1.90 bits per heavy atom. The van der Waals surface area contributed by atoms with Crippen LogP contribution < -0.4 is 15.7 Å². The van der Waals surface area contributed by atoms with Crippen molar-refractivity contribution in [3.05, 3.63) is 55.3 Å². The molecule has 0 unspecified atom stereocenters. The van der Waals surface area contributed by atoms with Gasteiger partial charge in [0.05, 0.1) is 31.5 Å². The molecule has 166 valence electrons. The van der Waals surface area contributed by atoms with Crippen LogP contribution in [0, 0.1) is 18.8 Å². The number of fused-ring (bicyclic) bond motifs is 1. The summed E-state index contributed by atoms with van der Waals surface area (Å²) in [4.78, 5) is 45.9. The van der Waals surface area contributed by atoms with E-state index < -0.39 is 5.97 Å². The molecule has 3 heterocycles. The Bertz CT molecular complexity index is 1210. The van der Waals surface area contributed by atoms with E-state index in [2.05, 4.69) is 9.97 Å². The first kappa shape index (κ1) is 22.7. The first-order chi connectivity index (χ1) is 14.7. The number of thiophene rings is 1. The summed E-state index contributed by atoms with van der Waals surface area (Å²) in [5, 5.41) is 0.392. The average Bonchev–Trinajstić information content (AvgIpc) is 3.04. The molecule has 9 heteroatoms. The fourth-order valence-corrected chi connectivity index (χ4v) is 3.95. The Morgan fingerprint density at radius 3 is 2.55 bits per heavy atom. The molecular weight excluding hydrogens is 418 g/mol. The van der Waals surface area contributed by atoms with Gasteiger partial charge in [0.1, 0.15) is 9.71 Å². The van der Waals surface area contributed by atoms with Gasteiger partial charge in [-0.15, -0.1) is 11.3 Å². The van der Waals surface area contributed by atoms with E-state index in [4.69, 9.17) is 9.47 Å². The Labute approximate surface area is 183 Å². The second-order valence-electron chi connectivity index (χ2n) is 8.30. The predicted octanol–water partition coefficient (Wildman–Crippen LogP) is 3.35. The number of carbonyl (C=O) groups excluding carboxylic acids is 1. The molecule has 0 fully saturated rings. The quantitative estimate of drug-likeness (QED) is 0.534. The van der Waals surface area contributed by atoms with Gasteiger partial charge in [0.2, 0.25) is 5.43 Å². The number of aryl methyl sites for hydroxylation is 1. The Morgan fingerprint density at radius 1 is 1.19 bits per heavy atom. The van der Waals surface area contributed by atoms with Gasteiger partial charge in [0.15, 0.2) is 5.75 Å². The fraction of sp³-hybridized carbons (Fsp3) is 0.455. The average molecular weight is 446 g/mol. The SMILES string of the molecule is Cc1c(C(=O)OCC(C)C)sc2ncn(Cc3cc(=O)c(OCC(C)C)c[nH]3)c(=O)c12. The number of nitrogens with one attached hydrogen (secondary N) is 1. The monoisotopic (exact) mass is 445 g/mol. The lowest BCUT2D eigenvalue weighted by atomic mass is 10.2. The number of aromatic nitrogens is 3. The molecule has 3 aromatic rings. The van der Waals surface area contributed by atoms with E-state index in [9.17, 15) is 14.4 Å². The van der Waals surface area contributed by atoms with Gasteiger partial charge in [0, 0.05) is 18.0 Å². The smallest absolute Gasteiger partial charge is 0.348 e. The van der Waals surface area contributed by atoms with Crippen molar-refractivity contribution >= 4 is 27.5 Å². The third-order valence-corrected chi connectivity index (χ3v) is 5.68. The topological polar surface area (TPSA) is 103 Å². The molecule has 0 aliphatic rings. The number of rotatable bonds is 8. The summed E-state index contributed by atoms with van der Waals surface area (Å²) in [5.74, 6) is 0.327. The van der Waals surface area contributed by atoms with Crippen LogP contribution in [0.15, 0.2) is 28.2 Å². The molecule has 0 amide bonds. The van der Waals surface area contributed by atoms with Crippen LogP contribution in [0.1, 0.15) is 48.6 Å². The minimum absolute atomic E-state index is 0.143. The number of aromatic amines is 1. The molecule has 0 radical (unpaired) electrons. The number of hydrogen-bond donors (Lipinski definition) is 1. The van der Waals surface area contributed by atoms with Gasteiger partial charge in [-0.2, -0.15) is 0 Å². The maximum Gasteiger partial charge on any atom is 0.348 e. The zero-order valence-corrected chi connectivity index (χ0v) is 19.2. The van der Waals surface area contributed by atoms with Crippen LogP contribution in [0.3, 0.4) is 0 Å². The summed E-state index contributed by atoms with van der Waals surface area (Å²) in [6.07, 6.45) is 2.93. The number of carbonyl (C=O) groups is 1. The molecule has 3 rings (SSSR count). The standard InChI is InChI=1S/C22H27N3O5S/c1-12(2)9-29-17-7-23-15(6-16(17)26)8-25-11-24-20-18(21(25)27)14(5)19(31-20)22(28)30-10-13(3)4/h6-7,11-13H,8-10H2,1-5H3,(H,23,26). The van der Waals surface area contributed by atoms with Gasteiger partial charge in [-0.3, -0.25) is 14.2 Å². The molecule has 0 aliphatic carbocycles. The molecule has 8 nitrogen and oxygen atoms in total. The normalized spacial score (nSPS) is 11.5. The third-order valence-electron chi connectivity index (χ3n) is 4.50. The maximum absolute atomic E-state index is 13.0. The summed E-state index contributed by atoms with van der Waals surface area (Å²) in [5.41, 5.74) is 0.585. The van der Waals surface area contributed by atoms with Crippen LogP contribution in [0.2, 0.25) is 0 Å². The van der Waals surface area contributed by atoms with Crippen molar-refractivity contribution in [2.24, 2.45) is 11.8 Å². The van der Waals surface area contributed by atoms with Crippen LogP contribution in [-0.4, -0.2) is 33.7 Å². The molecule has 31 heavy (non-hydrogen) atoms. The number of esters is 1. The molecule has 0 bridgehead atoms. The van der Waals surface area contributed by atoms with Crippen molar-refractivity contribution in [2.45, 2.75) is 41.2 Å². The molecule has 0 saturated carbocycles. The predicted molar refractivity (Wildman–Crippen MR) is 120 cm³/mol. The van der Waals surface area contributed by atoms with Crippen molar-refractivity contribution in [1.29, 1.82) is 0 Å². The van der Waals surface area contributed by atoms with Gasteiger partial charge in [-0.25, -0.2) is 9.78 Å². The number of pyridine rings is 1. The van der Waals surface area contributed by atoms with Crippen LogP contribution in [0.4, 0.5) is 0 Å². The summed E-state index contributed by atoms with van der Waals surface area (Å²) in [6, 6.07) is 1.42. The summed E-state index contributed by atoms with van der Waals surface area (Å²) >= 11 is 1.15. The van der Waals surface area contributed by atoms with Crippen LogP contribution in [0.5, 0.6) is 5.75 Å². The highest BCUT2D eigenvalue weighted by molar-refractivity contribution is 7.20. The van der Waals surface area contributed by atoms with E-state index in [1.165, 1.54) is 23.2 Å². The van der Waals surface area contributed by atoms with Gasteiger partial charge in [0.25, 0.3) is 5.56 Å². The van der Waals surface area contributed by atoms with Gasteiger partial charge in [-0.05, 0) is 24.3 Å². The molecule has 0 saturated heterocycles. The van der Waals surface area contributed by atoms with Gasteiger partial charge >= 0.3 is 5.97 Å². The number of hydrogen-bond acceptors (Lipinski definition) is 7. The Balaban J connectivity index is 1.87. The molecule has 1 N–H and O–H groups in total. The maximum atomic E-state index is 13.0. The first-order valence-electron chi connectivity index (χ1n) is 10.2. The number of ether oxygens (including phenoxy) is 2.